The van der Waals surface area contributed by atoms with Crippen LogP contribution in [0.4, 0.5) is 5.69 Å². The highest BCUT2D eigenvalue weighted by Gasteiger charge is 2.40. The number of aromatic amines is 1. The zero-order valence-corrected chi connectivity index (χ0v) is 16.6. The lowest BCUT2D eigenvalue weighted by atomic mass is 10.1. The number of carbonyl (C=O) groups excluding carboxylic acids is 2. The lowest BCUT2D eigenvalue weighted by molar-refractivity contribution is -0.128. The van der Waals surface area contributed by atoms with E-state index in [1.807, 2.05) is 46.3 Å². The monoisotopic (exact) mass is 387 g/mol. The van der Waals surface area contributed by atoms with Crippen LogP contribution in [0, 0.1) is 5.92 Å². The quantitative estimate of drug-likeness (QED) is 0.744. The molecule has 1 N–H and O–H groups in total. The number of hydrogen-bond acceptors (Lipinski definition) is 2. The van der Waals surface area contributed by atoms with E-state index in [4.69, 9.17) is 0 Å². The van der Waals surface area contributed by atoms with Crippen molar-refractivity contribution >= 4 is 28.4 Å². The van der Waals surface area contributed by atoms with Crippen LogP contribution in [0.5, 0.6) is 0 Å². The smallest absolute Gasteiger partial charge is 0.232 e. The maximum atomic E-state index is 13.3. The Hall–Kier alpha value is -3.08. The van der Waals surface area contributed by atoms with Crippen LogP contribution in [0.1, 0.15) is 24.5 Å². The first-order valence-electron chi connectivity index (χ1n) is 10.4. The summed E-state index contributed by atoms with van der Waals surface area (Å²) >= 11 is 0. The molecule has 0 saturated carbocycles. The van der Waals surface area contributed by atoms with Crippen molar-refractivity contribution in [1.82, 2.24) is 9.88 Å². The van der Waals surface area contributed by atoms with Crippen molar-refractivity contribution in [3.8, 4) is 0 Å². The molecule has 5 heteroatoms. The molecule has 1 aromatic heterocycles. The number of anilines is 1. The Morgan fingerprint density at radius 2 is 1.90 bits per heavy atom. The molecule has 148 valence electrons. The Morgan fingerprint density at radius 1 is 1.10 bits per heavy atom. The highest BCUT2D eigenvalue weighted by molar-refractivity contribution is 6.01. The van der Waals surface area contributed by atoms with Crippen LogP contribution in [-0.2, 0) is 22.4 Å². The van der Waals surface area contributed by atoms with E-state index in [9.17, 15) is 9.59 Å². The summed E-state index contributed by atoms with van der Waals surface area (Å²) in [6, 6.07) is 16.5. The van der Waals surface area contributed by atoms with Crippen LogP contribution in [0.25, 0.3) is 10.9 Å². The summed E-state index contributed by atoms with van der Waals surface area (Å²) < 4.78 is 0. The Bertz CT molecular complexity index is 1090. The second kappa shape index (κ2) is 7.07. The van der Waals surface area contributed by atoms with Crippen LogP contribution in [-0.4, -0.2) is 40.8 Å². The first-order valence-corrected chi connectivity index (χ1v) is 10.4. The van der Waals surface area contributed by atoms with Crippen molar-refractivity contribution in [2.75, 3.05) is 18.0 Å². The van der Waals surface area contributed by atoms with E-state index in [1.165, 1.54) is 16.5 Å². The first-order chi connectivity index (χ1) is 14.1. The molecule has 5 rings (SSSR count). The molecule has 2 atom stereocenters. The van der Waals surface area contributed by atoms with Gasteiger partial charge in [-0.05, 0) is 43.0 Å². The van der Waals surface area contributed by atoms with Gasteiger partial charge in [0.2, 0.25) is 11.8 Å². The number of benzene rings is 2. The predicted octanol–water partition coefficient (Wildman–Crippen LogP) is 3.54. The molecule has 3 heterocycles. The molecule has 2 unspecified atom stereocenters. The van der Waals surface area contributed by atoms with Crippen molar-refractivity contribution in [3.05, 3.63) is 65.9 Å². The standard InChI is InChI=1S/C24H25N3O2/c1-16-12-17-6-2-5-9-22(17)27(16)24(29)19-13-23(28)26(15-19)11-10-18-14-25-21-8-4-3-7-20(18)21/h2-9,14,16,19,25H,10-13,15H2,1H3. The van der Waals surface area contributed by atoms with Gasteiger partial charge in [0.25, 0.3) is 0 Å². The summed E-state index contributed by atoms with van der Waals surface area (Å²) in [4.78, 5) is 32.9. The van der Waals surface area contributed by atoms with E-state index in [2.05, 4.69) is 30.1 Å². The number of hydrogen-bond donors (Lipinski definition) is 1. The number of rotatable bonds is 4. The van der Waals surface area contributed by atoms with E-state index in [1.54, 1.807) is 0 Å². The van der Waals surface area contributed by atoms with Gasteiger partial charge in [-0.2, -0.15) is 0 Å². The highest BCUT2D eigenvalue weighted by Crippen LogP contribution is 2.34. The summed E-state index contributed by atoms with van der Waals surface area (Å²) in [5.74, 6) is -0.0761. The van der Waals surface area contributed by atoms with Crippen LogP contribution < -0.4 is 4.90 Å². The number of fused-ring (bicyclic) bond motifs is 2. The van der Waals surface area contributed by atoms with Crippen molar-refractivity contribution < 1.29 is 9.59 Å². The summed E-state index contributed by atoms with van der Waals surface area (Å²) in [5, 5.41) is 1.20. The molecule has 2 amide bonds. The van der Waals surface area contributed by atoms with Gasteiger partial charge in [-0.15, -0.1) is 0 Å². The average molecular weight is 387 g/mol. The summed E-state index contributed by atoms with van der Waals surface area (Å²) in [6.07, 6.45) is 4.02. The minimum absolute atomic E-state index is 0.0864. The van der Waals surface area contributed by atoms with Crippen molar-refractivity contribution in [1.29, 1.82) is 0 Å². The number of likely N-dealkylation sites (tertiary alicyclic amines) is 1. The second-order valence-electron chi connectivity index (χ2n) is 8.24. The number of H-pyrrole nitrogens is 1. The topological polar surface area (TPSA) is 56.4 Å². The van der Waals surface area contributed by atoms with Crippen molar-refractivity contribution in [3.63, 3.8) is 0 Å². The molecular formula is C24H25N3O2. The molecule has 3 aromatic rings. The van der Waals surface area contributed by atoms with Gasteiger partial charge in [-0.25, -0.2) is 0 Å². The fraction of sp³-hybridized carbons (Fsp3) is 0.333. The number of para-hydroxylation sites is 2. The molecule has 5 nitrogen and oxygen atoms in total. The van der Waals surface area contributed by atoms with Crippen molar-refractivity contribution in [2.24, 2.45) is 5.92 Å². The lowest BCUT2D eigenvalue weighted by Crippen LogP contribution is -2.41. The summed E-state index contributed by atoms with van der Waals surface area (Å²) in [5.41, 5.74) is 4.55. The maximum Gasteiger partial charge on any atom is 0.232 e. The fourth-order valence-corrected chi connectivity index (χ4v) is 4.85. The van der Waals surface area contributed by atoms with Crippen LogP contribution >= 0.6 is 0 Å². The van der Waals surface area contributed by atoms with Crippen LogP contribution in [0.3, 0.4) is 0 Å². The SMILES string of the molecule is CC1Cc2ccccc2N1C(=O)C1CC(=O)N(CCc2c[nH]c3ccccc23)C1. The second-order valence-corrected chi connectivity index (χ2v) is 8.24. The molecule has 0 bridgehead atoms. The van der Waals surface area contributed by atoms with E-state index < -0.39 is 0 Å². The van der Waals surface area contributed by atoms with E-state index in [-0.39, 0.29) is 23.8 Å². The van der Waals surface area contributed by atoms with Gasteiger partial charge in [0.15, 0.2) is 0 Å². The third-order valence-electron chi connectivity index (χ3n) is 6.33. The Kier molecular flexibility index (Phi) is 4.38. The summed E-state index contributed by atoms with van der Waals surface area (Å²) in [7, 11) is 0. The minimum Gasteiger partial charge on any atom is -0.361 e. The normalized spacial score (nSPS) is 21.2. The Balaban J connectivity index is 1.27. The Labute approximate surface area is 170 Å². The average Bonchev–Trinajstić information content (AvgIpc) is 3.40. The number of carbonyl (C=O) groups is 2. The van der Waals surface area contributed by atoms with Crippen molar-refractivity contribution in [2.45, 2.75) is 32.2 Å². The largest absolute Gasteiger partial charge is 0.361 e. The van der Waals surface area contributed by atoms with E-state index in [0.717, 1.165) is 24.0 Å². The van der Waals surface area contributed by atoms with Gasteiger partial charge in [0, 0.05) is 48.3 Å². The predicted molar refractivity (Wildman–Crippen MR) is 114 cm³/mol. The van der Waals surface area contributed by atoms with Gasteiger partial charge >= 0.3 is 0 Å². The fourth-order valence-electron chi connectivity index (χ4n) is 4.85. The van der Waals surface area contributed by atoms with Crippen LogP contribution in [0.15, 0.2) is 54.7 Å². The van der Waals surface area contributed by atoms with Gasteiger partial charge < -0.3 is 14.8 Å². The molecule has 29 heavy (non-hydrogen) atoms. The molecule has 2 aliphatic heterocycles. The van der Waals surface area contributed by atoms with E-state index in [0.29, 0.717) is 19.5 Å². The molecule has 0 radical (unpaired) electrons. The van der Waals surface area contributed by atoms with E-state index >= 15 is 0 Å². The molecule has 1 fully saturated rings. The third-order valence-corrected chi connectivity index (χ3v) is 6.33. The molecule has 1 saturated heterocycles. The number of amides is 2. The zero-order valence-electron chi connectivity index (χ0n) is 16.6. The number of aromatic nitrogens is 1. The molecule has 2 aliphatic rings. The van der Waals surface area contributed by atoms with Gasteiger partial charge in [0.05, 0.1) is 5.92 Å². The minimum atomic E-state index is -0.251. The molecule has 0 aliphatic carbocycles. The van der Waals surface area contributed by atoms with Crippen LogP contribution in [0.2, 0.25) is 0 Å². The maximum absolute atomic E-state index is 13.3. The first kappa shape index (κ1) is 18.0. The number of nitrogens with zero attached hydrogens (tertiary/aromatic N) is 2. The number of nitrogens with one attached hydrogen (secondary N) is 1. The molecule has 0 spiro atoms. The lowest BCUT2D eigenvalue weighted by Gasteiger charge is -2.26. The highest BCUT2D eigenvalue weighted by atomic mass is 16.2. The zero-order chi connectivity index (χ0) is 20.0. The van der Waals surface area contributed by atoms with Gasteiger partial charge in [0.1, 0.15) is 0 Å². The van der Waals surface area contributed by atoms with Gasteiger partial charge in [-0.1, -0.05) is 36.4 Å². The molecular weight excluding hydrogens is 362 g/mol. The Morgan fingerprint density at radius 3 is 2.79 bits per heavy atom. The molecule has 2 aromatic carbocycles. The van der Waals surface area contributed by atoms with Gasteiger partial charge in [-0.3, -0.25) is 9.59 Å². The summed E-state index contributed by atoms with van der Waals surface area (Å²) in [6.45, 7) is 3.26. The third kappa shape index (κ3) is 3.11.